The van der Waals surface area contributed by atoms with Crippen LogP contribution in [-0.2, 0) is 16.0 Å². The van der Waals surface area contributed by atoms with Crippen LogP contribution in [0, 0.1) is 5.92 Å². The molecule has 2 aliphatic rings. The number of nitrogens with one attached hydrogen (secondary N) is 1. The van der Waals surface area contributed by atoms with E-state index in [1.807, 2.05) is 28.5 Å². The van der Waals surface area contributed by atoms with Crippen molar-refractivity contribution in [1.29, 1.82) is 0 Å². The molecule has 0 saturated carbocycles. The monoisotopic (exact) mass is 401 g/mol. The van der Waals surface area contributed by atoms with Gasteiger partial charge in [0.2, 0.25) is 18.6 Å². The molecule has 1 aromatic heterocycles. The summed E-state index contributed by atoms with van der Waals surface area (Å²) in [6.45, 7) is 3.10. The average molecular weight is 401 g/mol. The van der Waals surface area contributed by atoms with E-state index < -0.39 is 0 Å². The van der Waals surface area contributed by atoms with Crippen molar-refractivity contribution < 1.29 is 19.1 Å². The highest BCUT2D eigenvalue weighted by Crippen LogP contribution is 2.34. The number of piperidine rings is 1. The lowest BCUT2D eigenvalue weighted by atomic mass is 9.90. The number of carbonyl (C=O) groups is 2. The summed E-state index contributed by atoms with van der Waals surface area (Å²) in [6, 6.07) is 5.47. The number of carbonyl (C=O) groups excluding carboxylic acids is 2. The summed E-state index contributed by atoms with van der Waals surface area (Å²) in [5.74, 6) is 1.57. The van der Waals surface area contributed by atoms with E-state index in [2.05, 4.69) is 10.3 Å². The number of likely N-dealkylation sites (tertiary alicyclic amines) is 1. The van der Waals surface area contributed by atoms with Gasteiger partial charge in [-0.15, -0.1) is 11.3 Å². The summed E-state index contributed by atoms with van der Waals surface area (Å²) >= 11 is 1.54. The van der Waals surface area contributed by atoms with Gasteiger partial charge < -0.3 is 19.7 Å². The second kappa shape index (κ2) is 8.18. The molecule has 1 N–H and O–H groups in total. The van der Waals surface area contributed by atoms with Gasteiger partial charge in [-0.3, -0.25) is 9.59 Å². The van der Waals surface area contributed by atoms with Crippen LogP contribution in [0.5, 0.6) is 11.5 Å². The molecule has 2 aliphatic heterocycles. The largest absolute Gasteiger partial charge is 0.454 e. The molecule has 1 aromatic carbocycles. The Bertz CT molecular complexity index is 855. The minimum Gasteiger partial charge on any atom is -0.454 e. The Morgan fingerprint density at radius 3 is 3.00 bits per heavy atom. The van der Waals surface area contributed by atoms with Crippen molar-refractivity contribution in [3.8, 4) is 11.5 Å². The summed E-state index contributed by atoms with van der Waals surface area (Å²) in [4.78, 5) is 30.9. The fourth-order valence-corrected chi connectivity index (χ4v) is 4.62. The van der Waals surface area contributed by atoms with Crippen LogP contribution in [0.1, 0.15) is 36.4 Å². The number of hydrogen-bond donors (Lipinski definition) is 1. The first-order chi connectivity index (χ1) is 13.6. The molecular weight excluding hydrogens is 378 g/mol. The maximum Gasteiger partial charge on any atom is 0.231 e. The van der Waals surface area contributed by atoms with E-state index in [-0.39, 0.29) is 30.6 Å². The Morgan fingerprint density at radius 1 is 1.36 bits per heavy atom. The lowest BCUT2D eigenvalue weighted by Crippen LogP contribution is -2.45. The quantitative estimate of drug-likeness (QED) is 0.833. The maximum atomic E-state index is 12.9. The van der Waals surface area contributed by atoms with Crippen molar-refractivity contribution in [2.45, 2.75) is 32.2 Å². The highest BCUT2D eigenvalue weighted by Gasteiger charge is 2.32. The van der Waals surface area contributed by atoms with Gasteiger partial charge in [-0.25, -0.2) is 4.98 Å². The van der Waals surface area contributed by atoms with E-state index >= 15 is 0 Å². The van der Waals surface area contributed by atoms with Crippen molar-refractivity contribution >= 4 is 23.2 Å². The third kappa shape index (κ3) is 4.11. The molecule has 2 aromatic rings. The Balaban J connectivity index is 1.43. The van der Waals surface area contributed by atoms with Gasteiger partial charge in [0.15, 0.2) is 11.5 Å². The highest BCUT2D eigenvalue weighted by molar-refractivity contribution is 7.09. The minimum atomic E-state index is -0.154. The topological polar surface area (TPSA) is 80.8 Å². The maximum absolute atomic E-state index is 12.9. The molecule has 8 heteroatoms. The molecule has 1 fully saturated rings. The highest BCUT2D eigenvalue weighted by atomic mass is 32.1. The first-order valence-corrected chi connectivity index (χ1v) is 10.3. The molecule has 0 radical (unpaired) electrons. The lowest BCUT2D eigenvalue weighted by molar-refractivity contribution is -0.132. The van der Waals surface area contributed by atoms with E-state index in [0.29, 0.717) is 18.7 Å². The summed E-state index contributed by atoms with van der Waals surface area (Å²) in [5.41, 5.74) is 0.912. The molecule has 4 rings (SSSR count). The average Bonchev–Trinajstić information content (AvgIpc) is 3.37. The number of ether oxygens (including phenoxy) is 2. The second-order valence-corrected chi connectivity index (χ2v) is 8.08. The van der Waals surface area contributed by atoms with E-state index in [1.54, 1.807) is 6.20 Å². The van der Waals surface area contributed by atoms with Crippen LogP contribution in [0.4, 0.5) is 0 Å². The van der Waals surface area contributed by atoms with Crippen LogP contribution in [0.15, 0.2) is 29.8 Å². The minimum absolute atomic E-state index is 0.0796. The third-order valence-electron chi connectivity index (χ3n) is 5.15. The van der Waals surface area contributed by atoms with Crippen LogP contribution in [-0.4, -0.2) is 41.6 Å². The number of rotatable bonds is 5. The van der Waals surface area contributed by atoms with Crippen molar-refractivity contribution in [3.05, 3.63) is 40.3 Å². The zero-order valence-electron chi connectivity index (χ0n) is 15.7. The standard InChI is InChI=1S/C20H23N3O4S/c1-13(24)22-19(20-21-6-8-28-20)15-3-2-7-23(11-15)18(25)10-14-4-5-16-17(9-14)27-12-26-16/h4-6,8-9,15,19H,2-3,7,10-12H2,1H3,(H,22,24). The van der Waals surface area contributed by atoms with Gasteiger partial charge >= 0.3 is 0 Å². The molecule has 2 amide bonds. The van der Waals surface area contributed by atoms with Gasteiger partial charge in [-0.05, 0) is 30.5 Å². The number of amides is 2. The fourth-order valence-electron chi connectivity index (χ4n) is 3.83. The van der Waals surface area contributed by atoms with Gasteiger partial charge in [-0.2, -0.15) is 0 Å². The smallest absolute Gasteiger partial charge is 0.231 e. The zero-order chi connectivity index (χ0) is 19.5. The number of benzene rings is 1. The molecule has 7 nitrogen and oxygen atoms in total. The van der Waals surface area contributed by atoms with Crippen LogP contribution >= 0.6 is 11.3 Å². The predicted molar refractivity (Wildman–Crippen MR) is 104 cm³/mol. The van der Waals surface area contributed by atoms with E-state index in [4.69, 9.17) is 9.47 Å². The second-order valence-electron chi connectivity index (χ2n) is 7.15. The van der Waals surface area contributed by atoms with Crippen LogP contribution < -0.4 is 14.8 Å². The van der Waals surface area contributed by atoms with Crippen LogP contribution in [0.25, 0.3) is 0 Å². The lowest BCUT2D eigenvalue weighted by Gasteiger charge is -2.36. The number of aromatic nitrogens is 1. The van der Waals surface area contributed by atoms with E-state index in [9.17, 15) is 9.59 Å². The molecule has 1 saturated heterocycles. The molecule has 148 valence electrons. The van der Waals surface area contributed by atoms with Crippen molar-refractivity contribution in [2.75, 3.05) is 19.9 Å². The molecule has 0 bridgehead atoms. The summed E-state index contributed by atoms with van der Waals surface area (Å²) in [5, 5.41) is 5.84. The molecule has 0 aliphatic carbocycles. The third-order valence-corrected chi connectivity index (χ3v) is 6.01. The van der Waals surface area contributed by atoms with Gasteiger partial charge in [0.05, 0.1) is 12.5 Å². The summed E-state index contributed by atoms with van der Waals surface area (Å²) in [7, 11) is 0. The molecular formula is C20H23N3O4S. The Hall–Kier alpha value is -2.61. The Labute approximate surface area is 167 Å². The van der Waals surface area contributed by atoms with Crippen molar-refractivity contribution in [2.24, 2.45) is 5.92 Å². The van der Waals surface area contributed by atoms with Crippen LogP contribution in [0.3, 0.4) is 0 Å². The Kier molecular flexibility index (Phi) is 5.47. The van der Waals surface area contributed by atoms with Gasteiger partial charge in [-0.1, -0.05) is 6.07 Å². The van der Waals surface area contributed by atoms with Crippen LogP contribution in [0.2, 0.25) is 0 Å². The molecule has 3 heterocycles. The number of fused-ring (bicyclic) bond motifs is 1. The SMILES string of the molecule is CC(=O)NC(c1nccs1)C1CCCN(C(=O)Cc2ccc3c(c2)OCO3)C1. The summed E-state index contributed by atoms with van der Waals surface area (Å²) < 4.78 is 10.7. The summed E-state index contributed by atoms with van der Waals surface area (Å²) in [6.07, 6.45) is 3.95. The first kappa shape index (κ1) is 18.7. The van der Waals surface area contributed by atoms with E-state index in [1.165, 1.54) is 18.3 Å². The molecule has 0 spiro atoms. The normalized spacial score (nSPS) is 19.3. The van der Waals surface area contributed by atoms with Crippen molar-refractivity contribution in [1.82, 2.24) is 15.2 Å². The first-order valence-electron chi connectivity index (χ1n) is 9.43. The number of thiazole rings is 1. The van der Waals surface area contributed by atoms with Gasteiger partial charge in [0, 0.05) is 37.5 Å². The molecule has 2 atom stereocenters. The van der Waals surface area contributed by atoms with Gasteiger partial charge in [0.25, 0.3) is 0 Å². The predicted octanol–water partition coefficient (Wildman–Crippen LogP) is 2.53. The Morgan fingerprint density at radius 2 is 2.21 bits per heavy atom. The number of hydrogen-bond acceptors (Lipinski definition) is 6. The zero-order valence-corrected chi connectivity index (χ0v) is 16.5. The number of nitrogens with zero attached hydrogens (tertiary/aromatic N) is 2. The molecule has 2 unspecified atom stereocenters. The molecule has 28 heavy (non-hydrogen) atoms. The van der Waals surface area contributed by atoms with Crippen molar-refractivity contribution in [3.63, 3.8) is 0 Å². The van der Waals surface area contributed by atoms with E-state index in [0.717, 1.165) is 35.7 Å². The fraction of sp³-hybridized carbons (Fsp3) is 0.450. The van der Waals surface area contributed by atoms with Gasteiger partial charge in [0.1, 0.15) is 5.01 Å².